The number of alkyl halides is 3. The minimum atomic E-state index is -4.80. The van der Waals surface area contributed by atoms with Gasteiger partial charge in [-0.1, -0.05) is 30.4 Å². The molecule has 0 fully saturated rings. The molecule has 0 spiro atoms. The molecule has 3 rings (SSSR count). The summed E-state index contributed by atoms with van der Waals surface area (Å²) in [6.45, 7) is 0. The summed E-state index contributed by atoms with van der Waals surface area (Å²) in [7, 11) is 1.18. The third-order valence-electron chi connectivity index (χ3n) is 5.04. The fourth-order valence-corrected chi connectivity index (χ4v) is 3.60. The van der Waals surface area contributed by atoms with Crippen LogP contribution in [0.4, 0.5) is 22.0 Å². The molecule has 0 saturated carbocycles. The lowest BCUT2D eigenvalue weighted by Gasteiger charge is -2.22. The van der Waals surface area contributed by atoms with Crippen LogP contribution in [0.3, 0.4) is 0 Å². The van der Waals surface area contributed by atoms with Crippen LogP contribution in [0.2, 0.25) is 0 Å². The number of ether oxygens (including phenoxy) is 1. The van der Waals surface area contributed by atoms with Gasteiger partial charge in [0.25, 0.3) is 5.91 Å². The molecule has 0 heterocycles. The molecule has 2 aromatic carbocycles. The summed E-state index contributed by atoms with van der Waals surface area (Å²) in [4.78, 5) is 24.7. The molecule has 3 atom stereocenters. The number of rotatable bonds is 5. The van der Waals surface area contributed by atoms with Crippen LogP contribution < -0.4 is 5.32 Å². The fourth-order valence-electron chi connectivity index (χ4n) is 3.60. The highest BCUT2D eigenvalue weighted by Crippen LogP contribution is 2.36. The van der Waals surface area contributed by atoms with Crippen molar-refractivity contribution < 1.29 is 36.3 Å². The molecule has 2 aromatic rings. The van der Waals surface area contributed by atoms with Gasteiger partial charge in [0, 0.05) is 17.2 Å². The minimum absolute atomic E-state index is 0.135. The molecule has 1 amide bonds. The molecule has 1 N–H and O–H groups in total. The van der Waals surface area contributed by atoms with Gasteiger partial charge in [-0.3, -0.25) is 9.59 Å². The van der Waals surface area contributed by atoms with Crippen LogP contribution in [-0.4, -0.2) is 25.0 Å². The van der Waals surface area contributed by atoms with E-state index in [0.717, 1.165) is 0 Å². The van der Waals surface area contributed by atoms with E-state index in [1.807, 2.05) is 0 Å². The van der Waals surface area contributed by atoms with Crippen LogP contribution in [0, 0.1) is 17.6 Å². The van der Waals surface area contributed by atoms with Crippen molar-refractivity contribution in [3.8, 4) is 0 Å². The number of benzene rings is 2. The predicted molar refractivity (Wildman–Crippen MR) is 101 cm³/mol. The molecule has 1 aliphatic carbocycles. The number of amides is 1. The van der Waals surface area contributed by atoms with E-state index in [9.17, 15) is 31.5 Å². The summed E-state index contributed by atoms with van der Waals surface area (Å²) in [6.07, 6.45) is -1.45. The zero-order valence-corrected chi connectivity index (χ0v) is 16.2. The third-order valence-corrected chi connectivity index (χ3v) is 5.04. The number of carbonyl (C=O) groups excluding carboxylic acids is 2. The molecule has 4 nitrogen and oxygen atoms in total. The van der Waals surface area contributed by atoms with E-state index in [1.165, 1.54) is 25.3 Å². The van der Waals surface area contributed by atoms with Gasteiger partial charge in [0.05, 0.1) is 18.6 Å². The SMILES string of the molecule is COC(=O)C(c1ccccc1F)C1C=CC(NC(=O)c2cc(F)cc(C(F)(F)F)c2)C1. The molecular weight excluding hydrogens is 421 g/mol. The number of methoxy groups -OCH3 is 1. The number of hydrogen-bond donors (Lipinski definition) is 1. The third kappa shape index (κ3) is 5.10. The van der Waals surface area contributed by atoms with Crippen molar-refractivity contribution in [3.63, 3.8) is 0 Å². The van der Waals surface area contributed by atoms with E-state index in [0.29, 0.717) is 18.2 Å². The molecule has 0 radical (unpaired) electrons. The molecule has 31 heavy (non-hydrogen) atoms. The van der Waals surface area contributed by atoms with E-state index >= 15 is 0 Å². The molecule has 9 heteroatoms. The molecule has 164 valence electrons. The van der Waals surface area contributed by atoms with Gasteiger partial charge in [0.15, 0.2) is 0 Å². The quantitative estimate of drug-likeness (QED) is 0.421. The second-order valence-electron chi connectivity index (χ2n) is 7.11. The van der Waals surface area contributed by atoms with Crippen molar-refractivity contribution in [2.24, 2.45) is 5.92 Å². The highest BCUT2D eigenvalue weighted by molar-refractivity contribution is 5.94. The Morgan fingerprint density at radius 1 is 1.10 bits per heavy atom. The van der Waals surface area contributed by atoms with Gasteiger partial charge in [-0.05, 0) is 36.6 Å². The minimum Gasteiger partial charge on any atom is -0.469 e. The van der Waals surface area contributed by atoms with Crippen LogP contribution in [0.25, 0.3) is 0 Å². The average Bonchev–Trinajstić information content (AvgIpc) is 3.16. The van der Waals surface area contributed by atoms with Crippen molar-refractivity contribution in [2.45, 2.75) is 24.6 Å². The molecule has 0 aliphatic heterocycles. The van der Waals surface area contributed by atoms with Crippen molar-refractivity contribution in [1.82, 2.24) is 5.32 Å². The smallest absolute Gasteiger partial charge is 0.416 e. The number of hydrogen-bond acceptors (Lipinski definition) is 3. The van der Waals surface area contributed by atoms with E-state index in [1.54, 1.807) is 18.2 Å². The highest BCUT2D eigenvalue weighted by Gasteiger charge is 2.36. The standard InChI is InChI=1S/C22H18F5NO3/c1-31-21(30)19(17-4-2-3-5-18(17)24)12-6-7-16(10-12)28-20(29)13-8-14(22(25,26)27)11-15(23)9-13/h2-9,11-12,16,19H,10H2,1H3,(H,28,29). The summed E-state index contributed by atoms with van der Waals surface area (Å²) in [6, 6.07) is 6.66. The maximum Gasteiger partial charge on any atom is 0.416 e. The number of carbonyl (C=O) groups is 2. The van der Waals surface area contributed by atoms with Gasteiger partial charge in [0.1, 0.15) is 11.6 Å². The summed E-state index contributed by atoms with van der Waals surface area (Å²) in [5.41, 5.74) is -1.62. The van der Waals surface area contributed by atoms with Gasteiger partial charge in [0.2, 0.25) is 0 Å². The van der Waals surface area contributed by atoms with Crippen molar-refractivity contribution in [3.05, 3.63) is 82.9 Å². The van der Waals surface area contributed by atoms with Crippen LogP contribution in [0.15, 0.2) is 54.6 Å². The Balaban J connectivity index is 1.76. The molecule has 0 bridgehead atoms. The Hall–Kier alpha value is -3.23. The number of esters is 1. The van der Waals surface area contributed by atoms with Crippen LogP contribution in [-0.2, 0) is 15.7 Å². The Labute approximate surface area is 174 Å². The van der Waals surface area contributed by atoms with Gasteiger partial charge in [-0.15, -0.1) is 0 Å². The normalized spacial score (nSPS) is 19.2. The maximum atomic E-state index is 14.3. The van der Waals surface area contributed by atoms with Gasteiger partial charge in [-0.25, -0.2) is 8.78 Å². The van der Waals surface area contributed by atoms with E-state index in [4.69, 9.17) is 4.74 Å². The van der Waals surface area contributed by atoms with Crippen molar-refractivity contribution >= 4 is 11.9 Å². The molecule has 0 aromatic heterocycles. The zero-order valence-electron chi connectivity index (χ0n) is 16.2. The van der Waals surface area contributed by atoms with Crippen LogP contribution >= 0.6 is 0 Å². The number of nitrogens with one attached hydrogen (secondary N) is 1. The first kappa shape index (κ1) is 22.5. The monoisotopic (exact) mass is 439 g/mol. The topological polar surface area (TPSA) is 55.4 Å². The summed E-state index contributed by atoms with van der Waals surface area (Å²) in [5, 5.41) is 2.50. The number of halogens is 5. The zero-order chi connectivity index (χ0) is 22.8. The Kier molecular flexibility index (Phi) is 6.42. The van der Waals surface area contributed by atoms with E-state index in [-0.39, 0.29) is 12.0 Å². The maximum absolute atomic E-state index is 14.3. The largest absolute Gasteiger partial charge is 0.469 e. The predicted octanol–water partition coefficient (Wildman–Crippen LogP) is 4.61. The second-order valence-corrected chi connectivity index (χ2v) is 7.11. The molecule has 0 saturated heterocycles. The van der Waals surface area contributed by atoms with Gasteiger partial charge < -0.3 is 10.1 Å². The molecular formula is C22H18F5NO3. The van der Waals surface area contributed by atoms with Crippen molar-refractivity contribution in [1.29, 1.82) is 0 Å². The van der Waals surface area contributed by atoms with E-state index < -0.39 is 58.7 Å². The first-order chi connectivity index (χ1) is 14.6. The lowest BCUT2D eigenvalue weighted by molar-refractivity contribution is -0.143. The average molecular weight is 439 g/mol. The fraction of sp³-hybridized carbons (Fsp3) is 0.273. The lowest BCUT2D eigenvalue weighted by atomic mass is 9.85. The first-order valence-electron chi connectivity index (χ1n) is 9.29. The summed E-state index contributed by atoms with van der Waals surface area (Å²) < 4.78 is 71.3. The van der Waals surface area contributed by atoms with Crippen molar-refractivity contribution in [2.75, 3.05) is 7.11 Å². The van der Waals surface area contributed by atoms with E-state index in [2.05, 4.69) is 5.32 Å². The Morgan fingerprint density at radius 3 is 2.45 bits per heavy atom. The highest BCUT2D eigenvalue weighted by atomic mass is 19.4. The molecule has 1 aliphatic rings. The van der Waals surface area contributed by atoms with Crippen LogP contribution in [0.1, 0.15) is 33.8 Å². The summed E-state index contributed by atoms with van der Waals surface area (Å²) in [5.74, 6) is -4.82. The number of allylic oxidation sites excluding steroid dienone is 1. The second kappa shape index (κ2) is 8.87. The lowest BCUT2D eigenvalue weighted by Crippen LogP contribution is -2.34. The summed E-state index contributed by atoms with van der Waals surface area (Å²) >= 11 is 0. The van der Waals surface area contributed by atoms with Crippen LogP contribution in [0.5, 0.6) is 0 Å². The van der Waals surface area contributed by atoms with Gasteiger partial charge in [-0.2, -0.15) is 13.2 Å². The Bertz CT molecular complexity index is 1020. The molecule has 3 unspecified atom stereocenters. The van der Waals surface area contributed by atoms with Gasteiger partial charge >= 0.3 is 12.1 Å². The first-order valence-corrected chi connectivity index (χ1v) is 9.29. The Morgan fingerprint density at radius 2 is 1.81 bits per heavy atom.